The molecule has 1 aliphatic rings. The molecule has 0 amide bonds. The van der Waals surface area contributed by atoms with E-state index < -0.39 is 63.2 Å². The maximum Gasteiger partial charge on any atom is 0.513 e. The maximum absolute atomic E-state index is 13.0. The highest BCUT2D eigenvalue weighted by Gasteiger charge is 2.95. The van der Waals surface area contributed by atoms with E-state index in [0.717, 1.165) is 18.2 Å². The number of fused-ring (bicyclic) bond motifs is 1. The monoisotopic (exact) mass is 830 g/mol. The first kappa shape index (κ1) is 45.2. The van der Waals surface area contributed by atoms with Crippen LogP contribution in [0.2, 0.25) is 0 Å². The minimum atomic E-state index is -8.92. The summed E-state index contributed by atoms with van der Waals surface area (Å²) in [7, 11) is -7.81. The zero-order chi connectivity index (χ0) is 40.6. The smallest absolute Gasteiger partial charge is 0.513 e. The molecule has 0 atom stereocenters. The highest BCUT2D eigenvalue weighted by Crippen LogP contribution is 2.64. The molecule has 0 N–H and O–H groups in total. The molecule has 1 fully saturated rings. The Bertz CT molecular complexity index is 1670. The highest BCUT2D eigenvalue weighted by molar-refractivity contribution is 7.97. The van der Waals surface area contributed by atoms with Gasteiger partial charge in [0.2, 0.25) is 0 Å². The molecule has 1 heterocycles. The normalized spacial score (nSPS) is 16.1. The first-order valence-electron chi connectivity index (χ1n) is 14.0. The Kier molecular flexibility index (Phi) is 13.1. The molecule has 0 unspecified atom stereocenters. The van der Waals surface area contributed by atoms with Crippen LogP contribution in [0.25, 0.3) is 10.8 Å². The van der Waals surface area contributed by atoms with Crippen molar-refractivity contribution in [3.63, 3.8) is 0 Å². The molecule has 0 radical (unpaired) electrons. The lowest BCUT2D eigenvalue weighted by molar-refractivity contribution is -0.458. The van der Waals surface area contributed by atoms with Crippen LogP contribution >= 0.6 is 0 Å². The van der Waals surface area contributed by atoms with E-state index in [2.05, 4.69) is 25.1 Å². The average molecular weight is 831 g/mol. The molecule has 0 bridgehead atoms. The summed E-state index contributed by atoms with van der Waals surface area (Å²) in [6.45, 7) is 2.47. The van der Waals surface area contributed by atoms with Crippen molar-refractivity contribution in [2.75, 3.05) is 18.1 Å². The standard InChI is InChI=1S/C19H23O3S.C8HF17O3S/c1-2-3-12-21-19(20)22-17-10-11-18(23-13-6-7-14-23)16-9-5-4-8-15(16)17;9-1(10,3(13,14)5(17,18)7(21,22)23)2(11,12)4(15,16)6(19,20)8(24,25)29(26,27)28/h4-5,8-11H,2-3,6-7,12-14H2,1H3;(H,26,27,28)/q+1;/p-1. The molecule has 3 rings (SSSR count). The van der Waals surface area contributed by atoms with Gasteiger partial charge in [-0.05, 0) is 37.5 Å². The zero-order valence-electron chi connectivity index (χ0n) is 25.6. The second-order valence-electron chi connectivity index (χ2n) is 10.7. The SMILES string of the molecule is CCCCOC(=O)Oc1ccc([S+]2CCCC2)c2ccccc12.O=S(=O)([O-])C(F)(F)C(F)(F)C(F)(F)C(F)(F)C(F)(F)C(F)(F)C(F)(F)C(F)(F)F. The number of alkyl halides is 17. The Morgan fingerprint density at radius 2 is 1.13 bits per heavy atom. The summed E-state index contributed by atoms with van der Waals surface area (Å²) in [6.07, 6.45) is -4.01. The van der Waals surface area contributed by atoms with E-state index >= 15 is 0 Å². The summed E-state index contributed by atoms with van der Waals surface area (Å²) in [4.78, 5) is 13.2. The third-order valence-electron chi connectivity index (χ3n) is 7.10. The summed E-state index contributed by atoms with van der Waals surface area (Å²) >= 11 is 0. The third-order valence-corrected chi connectivity index (χ3v) is 10.5. The van der Waals surface area contributed by atoms with Crippen LogP contribution < -0.4 is 4.74 Å². The van der Waals surface area contributed by atoms with Gasteiger partial charge in [0.05, 0.1) is 6.61 Å². The van der Waals surface area contributed by atoms with Gasteiger partial charge < -0.3 is 14.0 Å². The quantitative estimate of drug-likeness (QED) is 0.0529. The minimum Gasteiger partial charge on any atom is -0.743 e. The van der Waals surface area contributed by atoms with Crippen LogP contribution in [0.1, 0.15) is 32.6 Å². The van der Waals surface area contributed by atoms with Crippen LogP contribution in [0.3, 0.4) is 0 Å². The maximum atomic E-state index is 13.0. The number of benzene rings is 2. The molecule has 298 valence electrons. The molecule has 1 aliphatic heterocycles. The molecule has 0 saturated carbocycles. The van der Waals surface area contributed by atoms with Crippen LogP contribution in [0.15, 0.2) is 41.3 Å². The number of ether oxygens (including phenoxy) is 2. The Balaban J connectivity index is 0.000000367. The number of unbranched alkanes of at least 4 members (excludes halogenated alkanes) is 1. The van der Waals surface area contributed by atoms with Gasteiger partial charge in [0.15, 0.2) is 15.0 Å². The van der Waals surface area contributed by atoms with Crippen LogP contribution in [-0.2, 0) is 25.7 Å². The van der Waals surface area contributed by atoms with Crippen molar-refractivity contribution in [3.8, 4) is 5.75 Å². The van der Waals surface area contributed by atoms with Crippen LogP contribution in [0, 0.1) is 0 Å². The number of hydrogen-bond donors (Lipinski definition) is 0. The largest absolute Gasteiger partial charge is 0.743 e. The molecule has 6 nitrogen and oxygen atoms in total. The minimum absolute atomic E-state index is 0.336. The number of hydrogen-bond acceptors (Lipinski definition) is 6. The van der Waals surface area contributed by atoms with Crippen LogP contribution in [-0.4, -0.2) is 84.2 Å². The first-order chi connectivity index (χ1) is 23.3. The van der Waals surface area contributed by atoms with Gasteiger partial charge in [-0.2, -0.15) is 74.6 Å². The number of carbonyl (C=O) groups is 1. The summed E-state index contributed by atoms with van der Waals surface area (Å²) in [5.41, 5.74) is 0. The molecular weight excluding hydrogens is 807 g/mol. The van der Waals surface area contributed by atoms with Crippen molar-refractivity contribution < 1.29 is 102 Å². The zero-order valence-corrected chi connectivity index (χ0v) is 27.2. The fourth-order valence-electron chi connectivity index (χ4n) is 4.18. The van der Waals surface area contributed by atoms with Gasteiger partial charge in [0.1, 0.15) is 17.3 Å². The van der Waals surface area contributed by atoms with Gasteiger partial charge in [-0.3, -0.25) is 0 Å². The Hall–Kier alpha value is -2.96. The van der Waals surface area contributed by atoms with E-state index in [9.17, 15) is 92.4 Å². The predicted molar refractivity (Wildman–Crippen MR) is 146 cm³/mol. The highest BCUT2D eigenvalue weighted by atomic mass is 32.2. The fourth-order valence-corrected chi connectivity index (χ4v) is 7.13. The van der Waals surface area contributed by atoms with E-state index in [1.54, 1.807) is 0 Å². The van der Waals surface area contributed by atoms with Gasteiger partial charge >= 0.3 is 53.1 Å². The summed E-state index contributed by atoms with van der Waals surface area (Å²) in [5, 5.41) is -5.75. The number of rotatable bonds is 12. The molecule has 52 heavy (non-hydrogen) atoms. The van der Waals surface area contributed by atoms with Gasteiger partial charge in [-0.1, -0.05) is 31.5 Å². The lowest BCUT2D eigenvalue weighted by Gasteiger charge is -2.42. The van der Waals surface area contributed by atoms with Crippen molar-refractivity contribution in [3.05, 3.63) is 36.4 Å². The van der Waals surface area contributed by atoms with E-state index in [1.165, 1.54) is 34.6 Å². The molecule has 0 spiro atoms. The van der Waals surface area contributed by atoms with Gasteiger partial charge in [0, 0.05) is 21.7 Å². The first-order valence-corrected chi connectivity index (χ1v) is 17.0. The molecule has 25 heteroatoms. The second kappa shape index (κ2) is 15.1. The summed E-state index contributed by atoms with van der Waals surface area (Å²) in [6, 6.07) is 12.2. The molecule has 0 aromatic heterocycles. The predicted octanol–water partition coefficient (Wildman–Crippen LogP) is 9.42. The molecule has 1 saturated heterocycles. The van der Waals surface area contributed by atoms with E-state index in [-0.39, 0.29) is 0 Å². The molecule has 2 aromatic rings. The summed E-state index contributed by atoms with van der Waals surface area (Å²) in [5.74, 6) is -49.0. The van der Waals surface area contributed by atoms with Crippen molar-refractivity contribution in [1.29, 1.82) is 0 Å². The second-order valence-corrected chi connectivity index (χ2v) is 14.3. The van der Waals surface area contributed by atoms with Crippen LogP contribution in [0.4, 0.5) is 79.4 Å². The van der Waals surface area contributed by atoms with Gasteiger partial charge in [-0.25, -0.2) is 13.2 Å². The lowest BCUT2D eigenvalue weighted by atomic mass is 9.91. The van der Waals surface area contributed by atoms with E-state index in [4.69, 9.17) is 9.47 Å². The van der Waals surface area contributed by atoms with Crippen molar-refractivity contribution in [2.45, 2.75) is 84.5 Å². The van der Waals surface area contributed by atoms with E-state index in [1.807, 2.05) is 18.2 Å². The fraction of sp³-hybridized carbons (Fsp3) is 0.593. The number of halogens is 17. The lowest BCUT2D eigenvalue weighted by Crippen LogP contribution is -2.75. The van der Waals surface area contributed by atoms with Crippen molar-refractivity contribution in [2.24, 2.45) is 0 Å². The van der Waals surface area contributed by atoms with Crippen LogP contribution in [0.5, 0.6) is 5.75 Å². The van der Waals surface area contributed by atoms with Gasteiger partial charge in [-0.15, -0.1) is 0 Å². The van der Waals surface area contributed by atoms with E-state index in [0.29, 0.717) is 23.3 Å². The van der Waals surface area contributed by atoms with Crippen molar-refractivity contribution >= 4 is 37.9 Å². The number of carbonyl (C=O) groups excluding carboxylic acids is 1. The average Bonchev–Trinajstić information content (AvgIpc) is 3.55. The Morgan fingerprint density at radius 1 is 0.692 bits per heavy atom. The van der Waals surface area contributed by atoms with Crippen molar-refractivity contribution in [1.82, 2.24) is 0 Å². The molecule has 2 aromatic carbocycles. The molecular formula is C27H23F17O6S2. The Labute approximate surface area is 284 Å². The molecule has 0 aliphatic carbocycles. The van der Waals surface area contributed by atoms with Gasteiger partial charge in [0.25, 0.3) is 0 Å². The Morgan fingerprint density at radius 3 is 1.58 bits per heavy atom. The topological polar surface area (TPSA) is 92.7 Å². The summed E-state index contributed by atoms with van der Waals surface area (Å²) < 4.78 is 255. The third kappa shape index (κ3) is 7.80.